The lowest BCUT2D eigenvalue weighted by atomic mass is 10.0. The molecule has 3 aromatic carbocycles. The zero-order chi connectivity index (χ0) is 22.1. The molecule has 0 saturated heterocycles. The first-order chi connectivity index (χ1) is 15.7. The molecule has 5 aromatic rings. The van der Waals surface area contributed by atoms with Gasteiger partial charge >= 0.3 is 0 Å². The van der Waals surface area contributed by atoms with E-state index in [2.05, 4.69) is 17.4 Å². The number of hydrogen-bond acceptors (Lipinski definition) is 4. The second-order valence-electron chi connectivity index (χ2n) is 7.69. The Bertz CT molecular complexity index is 1450. The van der Waals surface area contributed by atoms with Gasteiger partial charge in [0.1, 0.15) is 5.75 Å². The minimum Gasteiger partial charge on any atom is -0.494 e. The van der Waals surface area contributed by atoms with E-state index >= 15 is 0 Å². The number of aromatic nitrogens is 1. The van der Waals surface area contributed by atoms with E-state index in [1.807, 2.05) is 73.7 Å². The van der Waals surface area contributed by atoms with E-state index in [-0.39, 0.29) is 5.56 Å². The normalized spacial score (nSPS) is 11.2. The summed E-state index contributed by atoms with van der Waals surface area (Å²) in [4.78, 5) is 13.4. The predicted molar refractivity (Wildman–Crippen MR) is 129 cm³/mol. The number of nitrogens with one attached hydrogen (secondary N) is 1. The van der Waals surface area contributed by atoms with Gasteiger partial charge in [-0.3, -0.25) is 4.79 Å². The largest absolute Gasteiger partial charge is 0.494 e. The summed E-state index contributed by atoms with van der Waals surface area (Å²) in [6.45, 7) is 3.14. The summed E-state index contributed by atoms with van der Waals surface area (Å²) < 4.78 is 13.6. The highest BCUT2D eigenvalue weighted by molar-refractivity contribution is 6.10. The monoisotopic (exact) mass is 424 g/mol. The molecule has 2 aromatic heterocycles. The minimum atomic E-state index is -0.0842. The van der Waals surface area contributed by atoms with E-state index in [4.69, 9.17) is 9.15 Å². The second kappa shape index (κ2) is 8.27. The lowest BCUT2D eigenvalue weighted by molar-refractivity contribution is 0.340. The van der Waals surface area contributed by atoms with Gasteiger partial charge in [-0.2, -0.15) is 0 Å². The molecular weight excluding hydrogens is 400 g/mol. The fourth-order valence-corrected chi connectivity index (χ4v) is 4.12. The Kier molecular flexibility index (Phi) is 5.15. The highest BCUT2D eigenvalue weighted by atomic mass is 16.5. The van der Waals surface area contributed by atoms with Crippen molar-refractivity contribution in [2.24, 2.45) is 7.05 Å². The molecule has 0 atom stereocenters. The number of hydrogen-bond donors (Lipinski definition) is 1. The van der Waals surface area contributed by atoms with Crippen LogP contribution >= 0.6 is 0 Å². The van der Waals surface area contributed by atoms with Gasteiger partial charge in [-0.25, -0.2) is 0 Å². The zero-order valence-corrected chi connectivity index (χ0v) is 18.1. The number of anilines is 1. The Morgan fingerprint density at radius 2 is 1.66 bits per heavy atom. The SMILES string of the molecule is CCOc1ccc(-c2c(NCc3ccccc3)oc3c2c(=O)n(C)c2ccccc32)cc1. The molecule has 5 nitrogen and oxygen atoms in total. The van der Waals surface area contributed by atoms with Gasteiger partial charge in [-0.15, -0.1) is 0 Å². The quantitative estimate of drug-likeness (QED) is 0.365. The van der Waals surface area contributed by atoms with Crippen LogP contribution in [0.5, 0.6) is 5.75 Å². The van der Waals surface area contributed by atoms with Gasteiger partial charge in [0.2, 0.25) is 5.88 Å². The summed E-state index contributed by atoms with van der Waals surface area (Å²) in [5.74, 6) is 1.38. The van der Waals surface area contributed by atoms with Crippen molar-refractivity contribution in [2.45, 2.75) is 13.5 Å². The van der Waals surface area contributed by atoms with Gasteiger partial charge in [0.25, 0.3) is 5.56 Å². The van der Waals surface area contributed by atoms with Crippen molar-refractivity contribution in [3.63, 3.8) is 0 Å². The van der Waals surface area contributed by atoms with Crippen molar-refractivity contribution in [2.75, 3.05) is 11.9 Å². The molecule has 0 aliphatic heterocycles. The molecule has 0 saturated carbocycles. The Balaban J connectivity index is 1.73. The van der Waals surface area contributed by atoms with E-state index in [1.54, 1.807) is 11.6 Å². The van der Waals surface area contributed by atoms with E-state index < -0.39 is 0 Å². The molecular formula is C27H24N2O3. The van der Waals surface area contributed by atoms with Crippen LogP contribution in [0.3, 0.4) is 0 Å². The van der Waals surface area contributed by atoms with Gasteiger partial charge in [-0.05, 0) is 42.3 Å². The summed E-state index contributed by atoms with van der Waals surface area (Å²) in [6.07, 6.45) is 0. The first-order valence-corrected chi connectivity index (χ1v) is 10.7. The zero-order valence-electron chi connectivity index (χ0n) is 18.1. The van der Waals surface area contributed by atoms with Crippen LogP contribution in [0.2, 0.25) is 0 Å². The van der Waals surface area contributed by atoms with Gasteiger partial charge in [0.15, 0.2) is 5.58 Å². The molecule has 5 heteroatoms. The van der Waals surface area contributed by atoms with Crippen LogP contribution in [0.15, 0.2) is 88.1 Å². The van der Waals surface area contributed by atoms with E-state index in [9.17, 15) is 4.79 Å². The number of nitrogens with zero attached hydrogens (tertiary/aromatic N) is 1. The predicted octanol–water partition coefficient (Wildman–Crippen LogP) is 5.96. The molecule has 0 spiro atoms. The molecule has 0 aliphatic carbocycles. The number of fused-ring (bicyclic) bond motifs is 3. The van der Waals surface area contributed by atoms with Crippen molar-refractivity contribution in [3.05, 3.63) is 94.8 Å². The van der Waals surface area contributed by atoms with Crippen molar-refractivity contribution in [1.82, 2.24) is 4.57 Å². The Morgan fingerprint density at radius 3 is 2.41 bits per heavy atom. The number of benzene rings is 3. The van der Waals surface area contributed by atoms with Gasteiger partial charge in [-0.1, -0.05) is 54.6 Å². The van der Waals surface area contributed by atoms with Crippen molar-refractivity contribution in [3.8, 4) is 16.9 Å². The Morgan fingerprint density at radius 1 is 0.938 bits per heavy atom. The maximum Gasteiger partial charge on any atom is 0.262 e. The van der Waals surface area contributed by atoms with Gasteiger partial charge in [0, 0.05) is 19.0 Å². The summed E-state index contributed by atoms with van der Waals surface area (Å²) in [5.41, 5.74) is 4.15. The van der Waals surface area contributed by atoms with Crippen LogP contribution in [-0.4, -0.2) is 11.2 Å². The molecule has 2 heterocycles. The number of ether oxygens (including phenoxy) is 1. The lowest BCUT2D eigenvalue weighted by Crippen LogP contribution is -2.17. The molecule has 0 aliphatic rings. The third kappa shape index (κ3) is 3.42. The van der Waals surface area contributed by atoms with Crippen LogP contribution in [0.1, 0.15) is 12.5 Å². The molecule has 0 fully saturated rings. The molecule has 0 radical (unpaired) electrons. The molecule has 0 amide bonds. The van der Waals surface area contributed by atoms with Crippen LogP contribution in [0.25, 0.3) is 33.0 Å². The smallest absolute Gasteiger partial charge is 0.262 e. The maximum absolute atomic E-state index is 13.4. The Labute approximate surface area is 185 Å². The van der Waals surface area contributed by atoms with Crippen LogP contribution in [0.4, 0.5) is 5.88 Å². The topological polar surface area (TPSA) is 56.4 Å². The minimum absolute atomic E-state index is 0.0842. The van der Waals surface area contributed by atoms with Crippen molar-refractivity contribution in [1.29, 1.82) is 0 Å². The Hall–Kier alpha value is -3.99. The summed E-state index contributed by atoms with van der Waals surface area (Å²) in [7, 11) is 1.80. The number of para-hydroxylation sites is 1. The van der Waals surface area contributed by atoms with Gasteiger partial charge in [0.05, 0.1) is 23.1 Å². The maximum atomic E-state index is 13.4. The summed E-state index contributed by atoms with van der Waals surface area (Å²) in [5, 5.41) is 4.90. The molecule has 5 rings (SSSR count). The third-order valence-electron chi connectivity index (χ3n) is 5.69. The second-order valence-corrected chi connectivity index (χ2v) is 7.69. The number of rotatable bonds is 6. The van der Waals surface area contributed by atoms with E-state index in [0.717, 1.165) is 33.3 Å². The first kappa shape index (κ1) is 19.9. The van der Waals surface area contributed by atoms with Crippen molar-refractivity contribution >= 4 is 27.8 Å². The average molecular weight is 425 g/mol. The first-order valence-electron chi connectivity index (χ1n) is 10.7. The lowest BCUT2D eigenvalue weighted by Gasteiger charge is -2.09. The fourth-order valence-electron chi connectivity index (χ4n) is 4.12. The highest BCUT2D eigenvalue weighted by Crippen LogP contribution is 2.40. The molecule has 1 N–H and O–H groups in total. The third-order valence-corrected chi connectivity index (χ3v) is 5.69. The fraction of sp³-hybridized carbons (Fsp3) is 0.148. The van der Waals surface area contributed by atoms with Crippen LogP contribution in [-0.2, 0) is 13.6 Å². The molecule has 32 heavy (non-hydrogen) atoms. The van der Waals surface area contributed by atoms with Crippen molar-refractivity contribution < 1.29 is 9.15 Å². The van der Waals surface area contributed by atoms with E-state index in [0.29, 0.717) is 30.0 Å². The summed E-state index contributed by atoms with van der Waals surface area (Å²) in [6, 6.07) is 25.7. The van der Waals surface area contributed by atoms with Gasteiger partial charge < -0.3 is 19.0 Å². The molecule has 0 bridgehead atoms. The van der Waals surface area contributed by atoms with Crippen LogP contribution < -0.4 is 15.6 Å². The molecule has 160 valence electrons. The highest BCUT2D eigenvalue weighted by Gasteiger charge is 2.22. The average Bonchev–Trinajstić information content (AvgIpc) is 3.22. The number of furan rings is 1. The summed E-state index contributed by atoms with van der Waals surface area (Å²) >= 11 is 0. The number of aryl methyl sites for hydroxylation is 1. The molecule has 0 unspecified atom stereocenters. The van der Waals surface area contributed by atoms with Crippen LogP contribution in [0, 0.1) is 0 Å². The standard InChI is InChI=1S/C27H24N2O3/c1-3-31-20-15-13-19(14-16-20)23-24-25(21-11-7-8-12-22(21)29(2)27(24)30)32-26(23)28-17-18-9-5-4-6-10-18/h4-16,28H,3,17H2,1-2H3. The van der Waals surface area contributed by atoms with E-state index in [1.165, 1.54) is 0 Å². The number of pyridine rings is 1.